The van der Waals surface area contributed by atoms with Gasteiger partial charge in [0, 0.05) is 22.8 Å². The third-order valence-corrected chi connectivity index (χ3v) is 4.35. The Morgan fingerprint density at radius 2 is 1.79 bits per heavy atom. The highest BCUT2D eigenvalue weighted by atomic mass is 35.5. The Labute approximate surface area is 145 Å². The molecule has 24 heavy (non-hydrogen) atoms. The van der Waals surface area contributed by atoms with Crippen molar-refractivity contribution in [2.45, 2.75) is 26.7 Å². The number of nitro benzene ring substituents is 1. The third kappa shape index (κ3) is 3.92. The van der Waals surface area contributed by atoms with Gasteiger partial charge in [-0.05, 0) is 36.1 Å². The first-order chi connectivity index (χ1) is 11.3. The van der Waals surface area contributed by atoms with Gasteiger partial charge in [0.15, 0.2) is 0 Å². The second-order valence-electron chi connectivity index (χ2n) is 5.97. The van der Waals surface area contributed by atoms with Gasteiger partial charge in [0.25, 0.3) is 5.69 Å². The number of carbonyl (C=O) groups excluding carboxylic acids is 1. The van der Waals surface area contributed by atoms with Crippen molar-refractivity contribution in [1.29, 1.82) is 0 Å². The molecule has 0 radical (unpaired) electrons. The van der Waals surface area contributed by atoms with Crippen LogP contribution in [0.25, 0.3) is 0 Å². The van der Waals surface area contributed by atoms with Gasteiger partial charge in [0.1, 0.15) is 0 Å². The van der Waals surface area contributed by atoms with Crippen LogP contribution in [-0.2, 0) is 4.79 Å². The van der Waals surface area contributed by atoms with Crippen LogP contribution in [0.4, 0.5) is 11.4 Å². The Morgan fingerprint density at radius 1 is 1.17 bits per heavy atom. The summed E-state index contributed by atoms with van der Waals surface area (Å²) in [4.78, 5) is 23.1. The summed E-state index contributed by atoms with van der Waals surface area (Å²) in [5.41, 5.74) is 2.22. The fraction of sp³-hybridized carbons (Fsp3) is 0.278. The first kappa shape index (κ1) is 17.9. The molecule has 1 unspecified atom stereocenters. The minimum atomic E-state index is -0.455. The molecule has 2 aromatic carbocycles. The number of benzene rings is 2. The average Bonchev–Trinajstić information content (AvgIpc) is 2.52. The lowest BCUT2D eigenvalue weighted by molar-refractivity contribution is -0.384. The molecule has 0 saturated carbocycles. The molecule has 0 heterocycles. The van der Waals surface area contributed by atoms with Crippen molar-refractivity contribution in [2.75, 3.05) is 5.32 Å². The first-order valence-corrected chi connectivity index (χ1v) is 7.99. The second-order valence-corrected chi connectivity index (χ2v) is 6.38. The summed E-state index contributed by atoms with van der Waals surface area (Å²) in [5, 5.41) is 14.3. The molecule has 126 valence electrons. The molecular formula is C18H19ClN2O3. The molecule has 0 bridgehead atoms. The number of non-ortho nitro benzene ring substituents is 1. The van der Waals surface area contributed by atoms with E-state index in [-0.39, 0.29) is 17.5 Å². The van der Waals surface area contributed by atoms with Gasteiger partial charge in [0.2, 0.25) is 5.91 Å². The molecule has 0 aliphatic heterocycles. The van der Waals surface area contributed by atoms with Crippen molar-refractivity contribution < 1.29 is 9.72 Å². The Bertz CT molecular complexity index is 757. The normalized spacial score (nSPS) is 12.0. The van der Waals surface area contributed by atoms with Gasteiger partial charge < -0.3 is 5.32 Å². The van der Waals surface area contributed by atoms with Crippen LogP contribution in [0.3, 0.4) is 0 Å². The number of amides is 1. The van der Waals surface area contributed by atoms with E-state index in [2.05, 4.69) is 5.32 Å². The Morgan fingerprint density at radius 3 is 2.33 bits per heavy atom. The number of hydrogen-bond acceptors (Lipinski definition) is 3. The van der Waals surface area contributed by atoms with E-state index in [0.29, 0.717) is 10.7 Å². The van der Waals surface area contributed by atoms with Crippen LogP contribution < -0.4 is 5.32 Å². The standard InChI is InChI=1S/C18H19ClN2O3/c1-11(2)17(13-7-9-14(10-8-13)21(23)24)18(22)20-16-6-4-5-15(19)12(16)3/h4-11,17H,1-3H3,(H,20,22). The highest BCUT2D eigenvalue weighted by Crippen LogP contribution is 2.29. The minimum Gasteiger partial charge on any atom is -0.325 e. The zero-order chi connectivity index (χ0) is 17.9. The molecule has 5 nitrogen and oxygen atoms in total. The molecule has 0 fully saturated rings. The number of rotatable bonds is 5. The van der Waals surface area contributed by atoms with Crippen LogP contribution in [0, 0.1) is 23.0 Å². The average molecular weight is 347 g/mol. The quantitative estimate of drug-likeness (QED) is 0.616. The lowest BCUT2D eigenvalue weighted by Gasteiger charge is -2.21. The van der Waals surface area contributed by atoms with E-state index in [1.807, 2.05) is 20.8 Å². The topological polar surface area (TPSA) is 72.2 Å². The highest BCUT2D eigenvalue weighted by molar-refractivity contribution is 6.31. The predicted molar refractivity (Wildman–Crippen MR) is 95.5 cm³/mol. The Hall–Kier alpha value is -2.40. The van der Waals surface area contributed by atoms with E-state index in [1.54, 1.807) is 30.3 Å². The smallest absolute Gasteiger partial charge is 0.269 e. The maximum absolute atomic E-state index is 12.7. The second kappa shape index (κ2) is 7.45. The SMILES string of the molecule is Cc1c(Cl)cccc1NC(=O)C(c1ccc([N+](=O)[O-])cc1)C(C)C. The zero-order valence-electron chi connectivity index (χ0n) is 13.7. The third-order valence-electron chi connectivity index (χ3n) is 3.94. The van der Waals surface area contributed by atoms with Gasteiger partial charge in [-0.1, -0.05) is 43.6 Å². The van der Waals surface area contributed by atoms with E-state index < -0.39 is 10.8 Å². The zero-order valence-corrected chi connectivity index (χ0v) is 14.5. The van der Waals surface area contributed by atoms with Crippen LogP contribution in [-0.4, -0.2) is 10.8 Å². The van der Waals surface area contributed by atoms with E-state index >= 15 is 0 Å². The molecule has 6 heteroatoms. The summed E-state index contributed by atoms with van der Waals surface area (Å²) in [6.45, 7) is 5.72. The predicted octanol–water partition coefficient (Wildman–Crippen LogP) is 4.93. The summed E-state index contributed by atoms with van der Waals surface area (Å²) in [6, 6.07) is 11.4. The molecule has 0 spiro atoms. The fourth-order valence-corrected chi connectivity index (χ4v) is 2.77. The van der Waals surface area contributed by atoms with E-state index in [1.165, 1.54) is 12.1 Å². The summed E-state index contributed by atoms with van der Waals surface area (Å²) < 4.78 is 0. The van der Waals surface area contributed by atoms with Gasteiger partial charge >= 0.3 is 0 Å². The molecule has 0 aromatic heterocycles. The summed E-state index contributed by atoms with van der Waals surface area (Å²) in [5.74, 6) is -0.542. The van der Waals surface area contributed by atoms with E-state index in [0.717, 1.165) is 11.1 Å². The van der Waals surface area contributed by atoms with Gasteiger partial charge in [-0.3, -0.25) is 14.9 Å². The summed E-state index contributed by atoms with van der Waals surface area (Å²) in [6.07, 6.45) is 0. The van der Waals surface area contributed by atoms with Gasteiger partial charge in [0.05, 0.1) is 10.8 Å². The van der Waals surface area contributed by atoms with Gasteiger partial charge in [-0.25, -0.2) is 0 Å². The number of nitro groups is 1. The van der Waals surface area contributed by atoms with Gasteiger partial charge in [-0.2, -0.15) is 0 Å². The number of anilines is 1. The monoisotopic (exact) mass is 346 g/mol. The van der Waals surface area contributed by atoms with Crippen LogP contribution in [0.2, 0.25) is 5.02 Å². The van der Waals surface area contributed by atoms with Crippen molar-refractivity contribution >= 4 is 28.9 Å². The summed E-state index contributed by atoms with van der Waals surface area (Å²) >= 11 is 6.09. The Kier molecular flexibility index (Phi) is 5.57. The van der Waals surface area contributed by atoms with Crippen molar-refractivity contribution in [3.63, 3.8) is 0 Å². The van der Waals surface area contributed by atoms with Crippen molar-refractivity contribution in [3.05, 3.63) is 68.7 Å². The van der Waals surface area contributed by atoms with E-state index in [9.17, 15) is 14.9 Å². The maximum Gasteiger partial charge on any atom is 0.269 e. The molecule has 2 aromatic rings. The molecule has 0 aliphatic carbocycles. The molecule has 1 N–H and O–H groups in total. The number of carbonyl (C=O) groups is 1. The maximum atomic E-state index is 12.7. The van der Waals surface area contributed by atoms with Crippen LogP contribution >= 0.6 is 11.6 Å². The van der Waals surface area contributed by atoms with Gasteiger partial charge in [-0.15, -0.1) is 0 Å². The molecule has 0 saturated heterocycles. The Balaban J connectivity index is 2.28. The number of halogens is 1. The first-order valence-electron chi connectivity index (χ1n) is 7.61. The van der Waals surface area contributed by atoms with Crippen LogP contribution in [0.5, 0.6) is 0 Å². The molecule has 2 rings (SSSR count). The largest absolute Gasteiger partial charge is 0.325 e. The van der Waals surface area contributed by atoms with Crippen molar-refractivity contribution in [1.82, 2.24) is 0 Å². The fourth-order valence-electron chi connectivity index (χ4n) is 2.60. The van der Waals surface area contributed by atoms with E-state index in [4.69, 9.17) is 11.6 Å². The van der Waals surface area contributed by atoms with Crippen molar-refractivity contribution in [2.24, 2.45) is 5.92 Å². The van der Waals surface area contributed by atoms with Crippen LogP contribution in [0.1, 0.15) is 30.9 Å². The molecule has 1 amide bonds. The molecule has 0 aliphatic rings. The lowest BCUT2D eigenvalue weighted by Crippen LogP contribution is -2.25. The number of nitrogens with zero attached hydrogens (tertiary/aromatic N) is 1. The number of nitrogens with one attached hydrogen (secondary N) is 1. The highest BCUT2D eigenvalue weighted by Gasteiger charge is 2.25. The molecular weight excluding hydrogens is 328 g/mol. The minimum absolute atomic E-state index is 0.00681. The van der Waals surface area contributed by atoms with Crippen LogP contribution in [0.15, 0.2) is 42.5 Å². The lowest BCUT2D eigenvalue weighted by atomic mass is 9.87. The molecule has 1 atom stereocenters. The summed E-state index contributed by atoms with van der Waals surface area (Å²) in [7, 11) is 0. The number of hydrogen-bond donors (Lipinski definition) is 1. The van der Waals surface area contributed by atoms with Crippen molar-refractivity contribution in [3.8, 4) is 0 Å².